The van der Waals surface area contributed by atoms with Crippen molar-refractivity contribution in [2.24, 2.45) is 0 Å². The highest BCUT2D eigenvalue weighted by molar-refractivity contribution is 4.89. The molecule has 2 unspecified atom stereocenters. The van der Waals surface area contributed by atoms with Gasteiger partial charge in [-0.25, -0.2) is 0 Å². The summed E-state index contributed by atoms with van der Waals surface area (Å²) in [4.78, 5) is 2.54. The molecule has 1 rings (SSSR count). The van der Waals surface area contributed by atoms with Crippen LogP contribution in [0.4, 0.5) is 0 Å². The van der Waals surface area contributed by atoms with Crippen molar-refractivity contribution in [1.82, 2.24) is 10.2 Å². The predicted octanol–water partition coefficient (Wildman–Crippen LogP) is 2.78. The second-order valence-corrected chi connectivity index (χ2v) is 7.03. The molecule has 2 atom stereocenters. The summed E-state index contributed by atoms with van der Waals surface area (Å²) >= 11 is 0. The zero-order chi connectivity index (χ0) is 14.5. The number of rotatable bonds is 7. The van der Waals surface area contributed by atoms with E-state index in [1.165, 1.54) is 32.1 Å². The third-order valence-electron chi connectivity index (χ3n) is 4.58. The molecule has 0 heterocycles. The van der Waals surface area contributed by atoms with Gasteiger partial charge in [-0.3, -0.25) is 0 Å². The SMILES string of the molecule is CC(C)NC(C)(CO)CC(C)N(C)C1CCCCC1. The van der Waals surface area contributed by atoms with E-state index in [2.05, 4.69) is 45.0 Å². The van der Waals surface area contributed by atoms with Gasteiger partial charge in [0.1, 0.15) is 0 Å². The topological polar surface area (TPSA) is 35.5 Å². The molecule has 3 nitrogen and oxygen atoms in total. The first-order valence-electron chi connectivity index (χ1n) is 7.98. The Morgan fingerprint density at radius 2 is 1.79 bits per heavy atom. The van der Waals surface area contributed by atoms with Crippen molar-refractivity contribution in [1.29, 1.82) is 0 Å². The number of hydrogen-bond donors (Lipinski definition) is 2. The fourth-order valence-electron chi connectivity index (χ4n) is 3.51. The van der Waals surface area contributed by atoms with Crippen LogP contribution in [0.3, 0.4) is 0 Å². The van der Waals surface area contributed by atoms with Gasteiger partial charge in [-0.1, -0.05) is 33.1 Å². The molecule has 0 aliphatic heterocycles. The number of nitrogens with one attached hydrogen (secondary N) is 1. The molecule has 2 N–H and O–H groups in total. The van der Waals surface area contributed by atoms with Gasteiger partial charge in [-0.15, -0.1) is 0 Å². The maximum absolute atomic E-state index is 9.69. The maximum atomic E-state index is 9.69. The molecule has 1 aliphatic rings. The maximum Gasteiger partial charge on any atom is 0.0611 e. The van der Waals surface area contributed by atoms with Gasteiger partial charge in [0.05, 0.1) is 6.61 Å². The van der Waals surface area contributed by atoms with E-state index in [0.717, 1.165) is 12.5 Å². The Morgan fingerprint density at radius 3 is 2.26 bits per heavy atom. The fraction of sp³-hybridized carbons (Fsp3) is 1.00. The molecule has 0 radical (unpaired) electrons. The lowest BCUT2D eigenvalue weighted by Crippen LogP contribution is -2.53. The molecule has 3 heteroatoms. The summed E-state index contributed by atoms with van der Waals surface area (Å²) in [7, 11) is 2.26. The lowest BCUT2D eigenvalue weighted by Gasteiger charge is -2.40. The zero-order valence-corrected chi connectivity index (χ0v) is 13.6. The largest absolute Gasteiger partial charge is 0.394 e. The minimum absolute atomic E-state index is 0.170. The van der Waals surface area contributed by atoms with E-state index >= 15 is 0 Å². The highest BCUT2D eigenvalue weighted by Crippen LogP contribution is 2.25. The second-order valence-electron chi connectivity index (χ2n) is 7.03. The minimum atomic E-state index is -0.170. The second kappa shape index (κ2) is 7.61. The summed E-state index contributed by atoms with van der Waals surface area (Å²) in [6.45, 7) is 8.92. The molecule has 0 aromatic heterocycles. The molecular weight excluding hydrogens is 236 g/mol. The molecule has 0 spiro atoms. The average molecular weight is 270 g/mol. The van der Waals surface area contributed by atoms with Crippen LogP contribution in [0.1, 0.15) is 66.2 Å². The van der Waals surface area contributed by atoms with Gasteiger partial charge < -0.3 is 15.3 Å². The normalized spacial score (nSPS) is 22.7. The molecule has 0 aromatic carbocycles. The summed E-state index contributed by atoms with van der Waals surface area (Å²) in [5.41, 5.74) is -0.170. The van der Waals surface area contributed by atoms with Crippen LogP contribution >= 0.6 is 0 Å². The highest BCUT2D eigenvalue weighted by Gasteiger charge is 2.30. The lowest BCUT2D eigenvalue weighted by atomic mass is 9.89. The smallest absolute Gasteiger partial charge is 0.0611 e. The highest BCUT2D eigenvalue weighted by atomic mass is 16.3. The van der Waals surface area contributed by atoms with E-state index in [0.29, 0.717) is 12.1 Å². The lowest BCUT2D eigenvalue weighted by molar-refractivity contribution is 0.0884. The van der Waals surface area contributed by atoms with Crippen molar-refractivity contribution in [3.63, 3.8) is 0 Å². The third kappa shape index (κ3) is 5.41. The Kier molecular flexibility index (Phi) is 6.78. The number of aliphatic hydroxyl groups excluding tert-OH is 1. The van der Waals surface area contributed by atoms with E-state index in [9.17, 15) is 5.11 Å². The van der Waals surface area contributed by atoms with E-state index in [1.54, 1.807) is 0 Å². The zero-order valence-electron chi connectivity index (χ0n) is 13.6. The molecule has 1 saturated carbocycles. The Labute approximate surface area is 119 Å². The van der Waals surface area contributed by atoms with Crippen molar-refractivity contribution in [2.45, 2.75) is 89.9 Å². The van der Waals surface area contributed by atoms with Crippen LogP contribution < -0.4 is 5.32 Å². The van der Waals surface area contributed by atoms with Gasteiger partial charge in [0.2, 0.25) is 0 Å². The van der Waals surface area contributed by atoms with E-state index < -0.39 is 0 Å². The molecule has 114 valence electrons. The number of nitrogens with zero attached hydrogens (tertiary/aromatic N) is 1. The summed E-state index contributed by atoms with van der Waals surface area (Å²) < 4.78 is 0. The van der Waals surface area contributed by atoms with Crippen LogP contribution in [-0.4, -0.2) is 47.3 Å². The van der Waals surface area contributed by atoms with Crippen molar-refractivity contribution >= 4 is 0 Å². The molecular formula is C16H34N2O. The summed E-state index contributed by atoms with van der Waals surface area (Å²) in [6.07, 6.45) is 7.84. The van der Waals surface area contributed by atoms with Crippen LogP contribution in [0.5, 0.6) is 0 Å². The van der Waals surface area contributed by atoms with Crippen molar-refractivity contribution < 1.29 is 5.11 Å². The van der Waals surface area contributed by atoms with Crippen LogP contribution in [0.2, 0.25) is 0 Å². The summed E-state index contributed by atoms with van der Waals surface area (Å²) in [5.74, 6) is 0. The Morgan fingerprint density at radius 1 is 1.21 bits per heavy atom. The molecule has 0 amide bonds. The molecule has 0 bridgehead atoms. The van der Waals surface area contributed by atoms with E-state index in [4.69, 9.17) is 0 Å². The first kappa shape index (κ1) is 16.9. The van der Waals surface area contributed by atoms with Gasteiger partial charge in [-0.2, -0.15) is 0 Å². The van der Waals surface area contributed by atoms with Gasteiger partial charge in [0, 0.05) is 23.7 Å². The number of hydrogen-bond acceptors (Lipinski definition) is 3. The standard InChI is InChI=1S/C16H34N2O/c1-13(2)17-16(4,12-19)11-14(3)18(5)15-9-7-6-8-10-15/h13-15,17,19H,6-12H2,1-5H3. The predicted molar refractivity (Wildman–Crippen MR) is 82.5 cm³/mol. The summed E-state index contributed by atoms with van der Waals surface area (Å²) in [6, 6.07) is 1.65. The van der Waals surface area contributed by atoms with Crippen molar-refractivity contribution in [3.8, 4) is 0 Å². The van der Waals surface area contributed by atoms with Crippen LogP contribution in [-0.2, 0) is 0 Å². The van der Waals surface area contributed by atoms with Gasteiger partial charge in [0.15, 0.2) is 0 Å². The summed E-state index contributed by atoms with van der Waals surface area (Å²) in [5, 5.41) is 13.2. The molecule has 0 aromatic rings. The van der Waals surface area contributed by atoms with Gasteiger partial charge in [0.25, 0.3) is 0 Å². The van der Waals surface area contributed by atoms with Crippen LogP contribution in [0.25, 0.3) is 0 Å². The fourth-order valence-corrected chi connectivity index (χ4v) is 3.51. The number of aliphatic hydroxyl groups is 1. The minimum Gasteiger partial charge on any atom is -0.394 e. The molecule has 1 aliphatic carbocycles. The van der Waals surface area contributed by atoms with E-state index in [-0.39, 0.29) is 12.1 Å². The third-order valence-corrected chi connectivity index (χ3v) is 4.58. The van der Waals surface area contributed by atoms with E-state index in [1.807, 2.05) is 0 Å². The van der Waals surface area contributed by atoms with Crippen molar-refractivity contribution in [3.05, 3.63) is 0 Å². The molecule has 19 heavy (non-hydrogen) atoms. The Balaban J connectivity index is 2.52. The van der Waals surface area contributed by atoms with Gasteiger partial charge in [-0.05, 0) is 40.2 Å². The Bertz CT molecular complexity index is 251. The van der Waals surface area contributed by atoms with Gasteiger partial charge >= 0.3 is 0 Å². The average Bonchev–Trinajstić information content (AvgIpc) is 2.37. The van der Waals surface area contributed by atoms with Crippen molar-refractivity contribution in [2.75, 3.05) is 13.7 Å². The first-order chi connectivity index (χ1) is 8.88. The van der Waals surface area contributed by atoms with Crippen LogP contribution in [0.15, 0.2) is 0 Å². The molecule has 0 saturated heterocycles. The first-order valence-corrected chi connectivity index (χ1v) is 7.98. The molecule has 1 fully saturated rings. The Hall–Kier alpha value is -0.120. The monoisotopic (exact) mass is 270 g/mol. The quantitative estimate of drug-likeness (QED) is 0.747. The van der Waals surface area contributed by atoms with Crippen LogP contribution in [0, 0.1) is 0 Å².